The van der Waals surface area contributed by atoms with Gasteiger partial charge in [-0.05, 0) is 12.0 Å². The fourth-order valence-corrected chi connectivity index (χ4v) is 2.72. The first-order valence-electron chi connectivity index (χ1n) is 6.73. The Labute approximate surface area is 114 Å². The maximum atomic E-state index is 6.29. The van der Waals surface area contributed by atoms with Crippen LogP contribution in [0.15, 0.2) is 24.3 Å². The number of nitrogens with zero attached hydrogens (tertiary/aromatic N) is 2. The maximum absolute atomic E-state index is 6.29. The first-order valence-corrected chi connectivity index (χ1v) is 6.73. The van der Waals surface area contributed by atoms with Crippen LogP contribution in [-0.2, 0) is 18.2 Å². The third-order valence-corrected chi connectivity index (χ3v) is 3.61. The molecule has 1 aromatic carbocycles. The number of nitrogens with two attached hydrogens (primary N) is 1. The Kier molecular flexibility index (Phi) is 4.22. The van der Waals surface area contributed by atoms with Crippen molar-refractivity contribution < 1.29 is 4.74 Å². The SMILES string of the molecule is COC(C(C)C)C(N)Cc1nn(C)c2ccccc12. The zero-order valence-corrected chi connectivity index (χ0v) is 12.1. The van der Waals surface area contributed by atoms with E-state index in [4.69, 9.17) is 10.5 Å². The summed E-state index contributed by atoms with van der Waals surface area (Å²) < 4.78 is 7.42. The van der Waals surface area contributed by atoms with Gasteiger partial charge in [-0.2, -0.15) is 5.10 Å². The van der Waals surface area contributed by atoms with Crippen molar-refractivity contribution in [1.82, 2.24) is 9.78 Å². The number of aryl methyl sites for hydroxylation is 1. The number of methoxy groups -OCH3 is 1. The van der Waals surface area contributed by atoms with Gasteiger partial charge >= 0.3 is 0 Å². The van der Waals surface area contributed by atoms with Crippen LogP contribution in [0.2, 0.25) is 0 Å². The van der Waals surface area contributed by atoms with E-state index >= 15 is 0 Å². The lowest BCUT2D eigenvalue weighted by Gasteiger charge is -2.25. The van der Waals surface area contributed by atoms with Crippen LogP contribution in [0.25, 0.3) is 10.9 Å². The van der Waals surface area contributed by atoms with Crippen LogP contribution < -0.4 is 5.73 Å². The van der Waals surface area contributed by atoms with Crippen molar-refractivity contribution in [3.63, 3.8) is 0 Å². The maximum Gasteiger partial charge on any atom is 0.0748 e. The summed E-state index contributed by atoms with van der Waals surface area (Å²) >= 11 is 0. The van der Waals surface area contributed by atoms with Gasteiger partial charge in [-0.25, -0.2) is 0 Å². The van der Waals surface area contributed by atoms with Crippen LogP contribution in [0.5, 0.6) is 0 Å². The summed E-state index contributed by atoms with van der Waals surface area (Å²) in [5.74, 6) is 0.398. The predicted molar refractivity (Wildman–Crippen MR) is 78.0 cm³/mol. The fourth-order valence-electron chi connectivity index (χ4n) is 2.72. The van der Waals surface area contributed by atoms with Gasteiger partial charge in [0, 0.05) is 32.0 Å². The van der Waals surface area contributed by atoms with E-state index < -0.39 is 0 Å². The third-order valence-electron chi connectivity index (χ3n) is 3.61. The van der Waals surface area contributed by atoms with Gasteiger partial charge in [0.1, 0.15) is 0 Å². The molecular formula is C15H23N3O. The minimum atomic E-state index is -0.0386. The van der Waals surface area contributed by atoms with E-state index in [0.29, 0.717) is 5.92 Å². The normalized spacial score (nSPS) is 15.1. The van der Waals surface area contributed by atoms with Gasteiger partial charge < -0.3 is 10.5 Å². The molecule has 0 spiro atoms. The Morgan fingerprint density at radius 1 is 1.32 bits per heavy atom. The monoisotopic (exact) mass is 261 g/mol. The van der Waals surface area contributed by atoms with Gasteiger partial charge in [0.05, 0.1) is 17.3 Å². The molecule has 0 saturated carbocycles. The number of para-hydroxylation sites is 1. The minimum absolute atomic E-state index is 0.0386. The predicted octanol–water partition coefficient (Wildman–Crippen LogP) is 2.11. The molecule has 0 amide bonds. The van der Waals surface area contributed by atoms with E-state index in [9.17, 15) is 0 Å². The number of hydrogen-bond acceptors (Lipinski definition) is 3. The summed E-state index contributed by atoms with van der Waals surface area (Å²) in [6.45, 7) is 4.26. The molecule has 2 rings (SSSR count). The number of rotatable bonds is 5. The van der Waals surface area contributed by atoms with E-state index in [1.54, 1.807) is 7.11 Å². The van der Waals surface area contributed by atoms with Crippen molar-refractivity contribution in [2.45, 2.75) is 32.4 Å². The van der Waals surface area contributed by atoms with Crippen molar-refractivity contribution in [1.29, 1.82) is 0 Å². The second-order valence-corrected chi connectivity index (χ2v) is 5.40. The zero-order valence-electron chi connectivity index (χ0n) is 12.1. The Balaban J connectivity index is 2.26. The molecule has 0 radical (unpaired) electrons. The van der Waals surface area contributed by atoms with Gasteiger partial charge in [0.15, 0.2) is 0 Å². The average molecular weight is 261 g/mol. The van der Waals surface area contributed by atoms with E-state index in [1.165, 1.54) is 5.39 Å². The van der Waals surface area contributed by atoms with Crippen LogP contribution in [0, 0.1) is 5.92 Å². The molecule has 0 aliphatic rings. The third kappa shape index (κ3) is 2.80. The van der Waals surface area contributed by atoms with E-state index in [-0.39, 0.29) is 12.1 Å². The minimum Gasteiger partial charge on any atom is -0.380 e. The highest BCUT2D eigenvalue weighted by Gasteiger charge is 2.23. The molecule has 0 aliphatic carbocycles. The molecule has 2 unspecified atom stereocenters. The summed E-state index contributed by atoms with van der Waals surface area (Å²) in [5, 5.41) is 5.77. The van der Waals surface area contributed by atoms with Gasteiger partial charge in [0.2, 0.25) is 0 Å². The number of benzene rings is 1. The van der Waals surface area contributed by atoms with Crippen LogP contribution in [-0.4, -0.2) is 29.0 Å². The number of aromatic nitrogens is 2. The molecule has 2 N–H and O–H groups in total. The van der Waals surface area contributed by atoms with Crippen molar-refractivity contribution in [3.8, 4) is 0 Å². The van der Waals surface area contributed by atoms with Crippen LogP contribution in [0.1, 0.15) is 19.5 Å². The zero-order chi connectivity index (χ0) is 14.0. The van der Waals surface area contributed by atoms with Crippen molar-refractivity contribution in [3.05, 3.63) is 30.0 Å². The Morgan fingerprint density at radius 2 is 2.00 bits per heavy atom. The van der Waals surface area contributed by atoms with E-state index in [1.807, 2.05) is 23.9 Å². The molecule has 4 nitrogen and oxygen atoms in total. The smallest absolute Gasteiger partial charge is 0.0748 e. The number of fused-ring (bicyclic) bond motifs is 1. The summed E-state index contributed by atoms with van der Waals surface area (Å²) in [6, 6.07) is 8.20. The molecule has 2 aromatic rings. The lowest BCUT2D eigenvalue weighted by molar-refractivity contribution is 0.0439. The molecule has 19 heavy (non-hydrogen) atoms. The molecule has 1 heterocycles. The second-order valence-electron chi connectivity index (χ2n) is 5.40. The van der Waals surface area contributed by atoms with E-state index in [2.05, 4.69) is 31.1 Å². The van der Waals surface area contributed by atoms with Crippen molar-refractivity contribution >= 4 is 10.9 Å². The molecule has 0 bridgehead atoms. The van der Waals surface area contributed by atoms with Gasteiger partial charge in [-0.3, -0.25) is 4.68 Å². The molecule has 0 saturated heterocycles. The highest BCUT2D eigenvalue weighted by Crippen LogP contribution is 2.20. The lowest BCUT2D eigenvalue weighted by Crippen LogP contribution is -2.41. The highest BCUT2D eigenvalue weighted by atomic mass is 16.5. The fraction of sp³-hybridized carbons (Fsp3) is 0.533. The molecule has 2 atom stereocenters. The topological polar surface area (TPSA) is 53.1 Å². The Bertz CT molecular complexity index is 547. The molecule has 4 heteroatoms. The largest absolute Gasteiger partial charge is 0.380 e. The van der Waals surface area contributed by atoms with Crippen molar-refractivity contribution in [2.24, 2.45) is 18.7 Å². The first kappa shape index (κ1) is 14.0. The number of ether oxygens (including phenoxy) is 1. The van der Waals surface area contributed by atoms with Crippen LogP contribution in [0.3, 0.4) is 0 Å². The van der Waals surface area contributed by atoms with Gasteiger partial charge in [0.25, 0.3) is 0 Å². The van der Waals surface area contributed by atoms with Crippen LogP contribution in [0.4, 0.5) is 0 Å². The standard InChI is InChI=1S/C15H23N3O/c1-10(2)15(19-4)12(16)9-13-11-7-5-6-8-14(11)18(3)17-13/h5-8,10,12,15H,9,16H2,1-4H3. The van der Waals surface area contributed by atoms with Crippen molar-refractivity contribution in [2.75, 3.05) is 7.11 Å². The molecular weight excluding hydrogens is 238 g/mol. The van der Waals surface area contributed by atoms with E-state index in [0.717, 1.165) is 17.6 Å². The van der Waals surface area contributed by atoms with Crippen LogP contribution >= 0.6 is 0 Å². The van der Waals surface area contributed by atoms with Gasteiger partial charge in [-0.15, -0.1) is 0 Å². The summed E-state index contributed by atoms with van der Waals surface area (Å²) in [5.41, 5.74) is 8.48. The van der Waals surface area contributed by atoms with Gasteiger partial charge in [-0.1, -0.05) is 32.0 Å². The second kappa shape index (κ2) is 5.72. The Morgan fingerprint density at radius 3 is 2.63 bits per heavy atom. The number of hydrogen-bond donors (Lipinski definition) is 1. The summed E-state index contributed by atoms with van der Waals surface area (Å²) in [6.07, 6.45) is 0.790. The average Bonchev–Trinajstić information content (AvgIpc) is 2.67. The molecule has 104 valence electrons. The summed E-state index contributed by atoms with van der Waals surface area (Å²) in [7, 11) is 3.69. The highest BCUT2D eigenvalue weighted by molar-refractivity contribution is 5.81. The molecule has 0 aliphatic heterocycles. The molecule has 0 fully saturated rings. The first-order chi connectivity index (χ1) is 9.04. The Hall–Kier alpha value is -1.39. The molecule has 1 aromatic heterocycles. The quantitative estimate of drug-likeness (QED) is 0.897. The summed E-state index contributed by atoms with van der Waals surface area (Å²) in [4.78, 5) is 0. The lowest BCUT2D eigenvalue weighted by atomic mass is 9.96.